The number of amides is 1. The Morgan fingerprint density at radius 3 is 2.38 bits per heavy atom. The summed E-state index contributed by atoms with van der Waals surface area (Å²) in [5.41, 5.74) is 0.124. The van der Waals surface area contributed by atoms with E-state index in [1.807, 2.05) is 0 Å². The predicted octanol–water partition coefficient (Wildman–Crippen LogP) is 4.65. The first-order valence-corrected chi connectivity index (χ1v) is 6.85. The van der Waals surface area contributed by atoms with Gasteiger partial charge >= 0.3 is 6.18 Å². The maximum atomic E-state index is 12.6. The van der Waals surface area contributed by atoms with E-state index in [2.05, 4.69) is 21.2 Å². The topological polar surface area (TPSA) is 29.1 Å². The van der Waals surface area contributed by atoms with Crippen molar-refractivity contribution < 1.29 is 18.0 Å². The number of halogens is 4. The maximum absolute atomic E-state index is 12.6. The summed E-state index contributed by atoms with van der Waals surface area (Å²) < 4.78 is 38.6. The number of hydrogen-bond donors (Lipinski definition) is 1. The summed E-state index contributed by atoms with van der Waals surface area (Å²) in [7, 11) is 0. The Morgan fingerprint density at radius 2 is 1.76 bits per heavy atom. The van der Waals surface area contributed by atoms with E-state index in [1.54, 1.807) is 24.3 Å². The quantitative estimate of drug-likeness (QED) is 0.850. The number of nitrogens with one attached hydrogen (secondary N) is 1. The first-order chi connectivity index (χ1) is 9.84. The largest absolute Gasteiger partial charge is 0.416 e. The molecule has 0 unspecified atom stereocenters. The minimum absolute atomic E-state index is 0.101. The van der Waals surface area contributed by atoms with Crippen LogP contribution in [0.15, 0.2) is 53.0 Å². The fraction of sp³-hybridized carbons (Fsp3) is 0.133. The van der Waals surface area contributed by atoms with Crippen molar-refractivity contribution in [1.29, 1.82) is 0 Å². The van der Waals surface area contributed by atoms with Crippen molar-refractivity contribution in [2.45, 2.75) is 12.6 Å². The molecule has 21 heavy (non-hydrogen) atoms. The Morgan fingerprint density at radius 1 is 1.10 bits per heavy atom. The maximum Gasteiger partial charge on any atom is 0.416 e. The molecular formula is C15H11BrF3NO. The zero-order valence-corrected chi connectivity index (χ0v) is 12.3. The van der Waals surface area contributed by atoms with E-state index in [1.165, 1.54) is 12.1 Å². The van der Waals surface area contributed by atoms with Crippen LogP contribution in [-0.4, -0.2) is 5.91 Å². The van der Waals surface area contributed by atoms with Crippen LogP contribution in [0.4, 0.5) is 18.9 Å². The Kier molecular flexibility index (Phi) is 4.67. The van der Waals surface area contributed by atoms with Gasteiger partial charge in [-0.25, -0.2) is 0 Å². The van der Waals surface area contributed by atoms with Crippen molar-refractivity contribution in [2.75, 3.05) is 5.32 Å². The number of hydrogen-bond acceptors (Lipinski definition) is 1. The molecule has 0 aliphatic heterocycles. The molecule has 110 valence electrons. The molecule has 0 aliphatic carbocycles. The molecule has 0 heterocycles. The van der Waals surface area contributed by atoms with Crippen LogP contribution < -0.4 is 5.32 Å². The molecule has 1 N–H and O–H groups in total. The molecule has 0 spiro atoms. The van der Waals surface area contributed by atoms with Gasteiger partial charge in [-0.15, -0.1) is 0 Å². The number of rotatable bonds is 3. The van der Waals surface area contributed by atoms with Crippen LogP contribution in [0.25, 0.3) is 0 Å². The van der Waals surface area contributed by atoms with Crippen LogP contribution >= 0.6 is 15.9 Å². The molecular weight excluding hydrogens is 347 g/mol. The lowest BCUT2D eigenvalue weighted by atomic mass is 10.1. The first-order valence-electron chi connectivity index (χ1n) is 6.06. The van der Waals surface area contributed by atoms with Gasteiger partial charge in [-0.3, -0.25) is 4.79 Å². The summed E-state index contributed by atoms with van der Waals surface area (Å²) in [6.45, 7) is 0. The molecule has 0 fully saturated rings. The van der Waals surface area contributed by atoms with Crippen molar-refractivity contribution in [2.24, 2.45) is 0 Å². The third-order valence-electron chi connectivity index (χ3n) is 2.75. The fourth-order valence-corrected chi connectivity index (χ4v) is 2.03. The van der Waals surface area contributed by atoms with E-state index in [-0.39, 0.29) is 18.0 Å². The summed E-state index contributed by atoms with van der Waals surface area (Å²) in [6, 6.07) is 11.7. The van der Waals surface area contributed by atoms with Crippen molar-refractivity contribution >= 4 is 27.5 Å². The van der Waals surface area contributed by atoms with Gasteiger partial charge in [-0.05, 0) is 35.9 Å². The van der Waals surface area contributed by atoms with Crippen LogP contribution in [0.2, 0.25) is 0 Å². The molecule has 0 saturated carbocycles. The predicted molar refractivity (Wildman–Crippen MR) is 77.9 cm³/mol. The minimum Gasteiger partial charge on any atom is -0.326 e. The highest BCUT2D eigenvalue weighted by molar-refractivity contribution is 9.10. The van der Waals surface area contributed by atoms with Gasteiger partial charge in [-0.2, -0.15) is 13.2 Å². The molecule has 0 aliphatic rings. The zero-order chi connectivity index (χ0) is 15.5. The zero-order valence-electron chi connectivity index (χ0n) is 10.7. The molecule has 0 aromatic heterocycles. The standard InChI is InChI=1S/C15H11BrF3NO/c16-12-6-4-10(5-7-12)8-14(21)20-13-3-1-2-11(9-13)15(17,18)19/h1-7,9H,8H2,(H,20,21). The fourth-order valence-electron chi connectivity index (χ4n) is 1.77. The van der Waals surface area contributed by atoms with Crippen LogP contribution in [0, 0.1) is 0 Å². The van der Waals surface area contributed by atoms with E-state index in [0.29, 0.717) is 0 Å². The molecule has 2 aromatic rings. The number of carbonyl (C=O) groups is 1. The molecule has 1 amide bonds. The van der Waals surface area contributed by atoms with Crippen molar-refractivity contribution in [3.05, 3.63) is 64.1 Å². The molecule has 2 aromatic carbocycles. The van der Waals surface area contributed by atoms with Gasteiger partial charge in [0, 0.05) is 10.2 Å². The third-order valence-corrected chi connectivity index (χ3v) is 3.28. The van der Waals surface area contributed by atoms with E-state index >= 15 is 0 Å². The Labute approximate surface area is 128 Å². The molecule has 0 bridgehead atoms. The summed E-state index contributed by atoms with van der Waals surface area (Å²) in [4.78, 5) is 11.8. The second-order valence-corrected chi connectivity index (χ2v) is 5.35. The van der Waals surface area contributed by atoms with Crippen LogP contribution in [-0.2, 0) is 17.4 Å². The average molecular weight is 358 g/mol. The summed E-state index contributed by atoms with van der Waals surface area (Å²) in [5.74, 6) is -0.364. The van der Waals surface area contributed by atoms with Crippen molar-refractivity contribution in [3.8, 4) is 0 Å². The summed E-state index contributed by atoms with van der Waals surface area (Å²) in [6.07, 6.45) is -4.32. The summed E-state index contributed by atoms with van der Waals surface area (Å²) in [5, 5.41) is 2.47. The lowest BCUT2D eigenvalue weighted by Crippen LogP contribution is -2.15. The lowest BCUT2D eigenvalue weighted by molar-refractivity contribution is -0.137. The second kappa shape index (κ2) is 6.30. The van der Waals surface area contributed by atoms with E-state index in [9.17, 15) is 18.0 Å². The monoisotopic (exact) mass is 357 g/mol. The highest BCUT2D eigenvalue weighted by Crippen LogP contribution is 2.30. The average Bonchev–Trinajstić information content (AvgIpc) is 2.41. The van der Waals surface area contributed by atoms with Gasteiger partial charge in [0.2, 0.25) is 5.91 Å². The van der Waals surface area contributed by atoms with Gasteiger partial charge in [-0.1, -0.05) is 34.1 Å². The highest BCUT2D eigenvalue weighted by Gasteiger charge is 2.30. The van der Waals surface area contributed by atoms with Gasteiger partial charge in [0.15, 0.2) is 0 Å². The molecule has 2 rings (SSSR count). The van der Waals surface area contributed by atoms with Gasteiger partial charge in [0.25, 0.3) is 0 Å². The van der Waals surface area contributed by atoms with Crippen molar-refractivity contribution in [3.63, 3.8) is 0 Å². The van der Waals surface area contributed by atoms with Gasteiger partial charge < -0.3 is 5.32 Å². The number of alkyl halides is 3. The number of anilines is 1. The minimum atomic E-state index is -4.42. The SMILES string of the molecule is O=C(Cc1ccc(Br)cc1)Nc1cccc(C(F)(F)F)c1. The van der Waals surface area contributed by atoms with Crippen LogP contribution in [0.5, 0.6) is 0 Å². The third kappa shape index (κ3) is 4.60. The second-order valence-electron chi connectivity index (χ2n) is 4.43. The number of benzene rings is 2. The van der Waals surface area contributed by atoms with Crippen LogP contribution in [0.3, 0.4) is 0 Å². The van der Waals surface area contributed by atoms with E-state index in [4.69, 9.17) is 0 Å². The van der Waals surface area contributed by atoms with E-state index < -0.39 is 11.7 Å². The summed E-state index contributed by atoms with van der Waals surface area (Å²) >= 11 is 3.28. The Balaban J connectivity index is 2.04. The van der Waals surface area contributed by atoms with Gasteiger partial charge in [0.1, 0.15) is 0 Å². The smallest absolute Gasteiger partial charge is 0.326 e. The highest BCUT2D eigenvalue weighted by atomic mass is 79.9. The van der Waals surface area contributed by atoms with E-state index in [0.717, 1.165) is 22.2 Å². The first kappa shape index (κ1) is 15.6. The van der Waals surface area contributed by atoms with Gasteiger partial charge in [0.05, 0.1) is 12.0 Å². The molecule has 0 radical (unpaired) electrons. The molecule has 0 saturated heterocycles. The molecule has 0 atom stereocenters. The Hall–Kier alpha value is -1.82. The molecule has 6 heteroatoms. The number of carbonyl (C=O) groups excluding carboxylic acids is 1. The molecule has 2 nitrogen and oxygen atoms in total. The van der Waals surface area contributed by atoms with Crippen LogP contribution in [0.1, 0.15) is 11.1 Å². The lowest BCUT2D eigenvalue weighted by Gasteiger charge is -2.10. The normalized spacial score (nSPS) is 11.2. The Bertz CT molecular complexity index is 638. The van der Waals surface area contributed by atoms with Crippen molar-refractivity contribution in [1.82, 2.24) is 0 Å².